The SMILES string of the molecule is S=C1N[C@H](c2ccccn2)[C@@H](c2ccc(-c3ccc(Cl)cc3)o2)N1c1ccc(OC2CCCC2)cc1. The van der Waals surface area contributed by atoms with Crippen molar-refractivity contribution < 1.29 is 9.15 Å². The minimum absolute atomic E-state index is 0.169. The van der Waals surface area contributed by atoms with Gasteiger partial charge in [0.25, 0.3) is 0 Å². The summed E-state index contributed by atoms with van der Waals surface area (Å²) < 4.78 is 12.6. The molecule has 2 atom stereocenters. The summed E-state index contributed by atoms with van der Waals surface area (Å²) in [5.41, 5.74) is 2.84. The molecule has 0 radical (unpaired) electrons. The number of ether oxygens (including phenoxy) is 1. The number of halogens is 1. The quantitative estimate of drug-likeness (QED) is 0.268. The third-order valence-corrected chi connectivity index (χ3v) is 7.43. The second kappa shape index (κ2) is 9.96. The van der Waals surface area contributed by atoms with Crippen LogP contribution in [0, 0.1) is 0 Å². The Labute approximate surface area is 221 Å². The maximum Gasteiger partial charge on any atom is 0.174 e. The van der Waals surface area contributed by atoms with Crippen LogP contribution in [-0.2, 0) is 0 Å². The summed E-state index contributed by atoms with van der Waals surface area (Å²) in [4.78, 5) is 6.73. The Morgan fingerprint density at radius 1 is 0.944 bits per heavy atom. The number of benzene rings is 2. The van der Waals surface area contributed by atoms with Crippen LogP contribution in [0.1, 0.15) is 49.2 Å². The van der Waals surface area contributed by atoms with Gasteiger partial charge in [-0.05, 0) is 111 Å². The molecule has 1 saturated heterocycles. The van der Waals surface area contributed by atoms with E-state index in [-0.39, 0.29) is 12.1 Å². The molecule has 2 aliphatic rings. The highest BCUT2D eigenvalue weighted by Gasteiger charge is 2.42. The van der Waals surface area contributed by atoms with Crippen LogP contribution in [0.3, 0.4) is 0 Å². The summed E-state index contributed by atoms with van der Waals surface area (Å²) in [6, 6.07) is 25.4. The molecule has 1 aliphatic heterocycles. The number of pyridine rings is 1. The molecular formula is C29H26ClN3O2S. The van der Waals surface area contributed by atoms with E-state index in [2.05, 4.69) is 27.3 Å². The van der Waals surface area contributed by atoms with Gasteiger partial charge in [0.05, 0.1) is 17.8 Å². The largest absolute Gasteiger partial charge is 0.490 e. The summed E-state index contributed by atoms with van der Waals surface area (Å²) in [7, 11) is 0. The number of hydrogen-bond acceptors (Lipinski definition) is 4. The highest BCUT2D eigenvalue weighted by molar-refractivity contribution is 7.80. The van der Waals surface area contributed by atoms with Crippen molar-refractivity contribution in [3.63, 3.8) is 0 Å². The predicted octanol–water partition coefficient (Wildman–Crippen LogP) is 7.49. The summed E-state index contributed by atoms with van der Waals surface area (Å²) >= 11 is 11.9. The average molecular weight is 516 g/mol. The van der Waals surface area contributed by atoms with E-state index >= 15 is 0 Å². The molecule has 0 amide bonds. The lowest BCUT2D eigenvalue weighted by Crippen LogP contribution is -2.29. The highest BCUT2D eigenvalue weighted by atomic mass is 35.5. The standard InChI is InChI=1S/C29H26ClN3O2S/c30-20-10-8-19(9-11-20)25-16-17-26(35-25)28-27(24-7-3-4-18-31-24)32-29(36)33(28)21-12-14-23(15-13-21)34-22-5-1-2-6-22/h3-4,7-18,22,27-28H,1-2,5-6H2,(H,32,36)/t27-,28-/m1/s1. The van der Waals surface area contributed by atoms with Crippen LogP contribution in [0.5, 0.6) is 5.75 Å². The van der Waals surface area contributed by atoms with Gasteiger partial charge in [-0.25, -0.2) is 0 Å². The lowest BCUT2D eigenvalue weighted by Gasteiger charge is -2.26. The van der Waals surface area contributed by atoms with E-state index in [4.69, 9.17) is 33.0 Å². The molecule has 182 valence electrons. The number of aromatic nitrogens is 1. The van der Waals surface area contributed by atoms with Crippen LogP contribution in [0.4, 0.5) is 5.69 Å². The molecule has 0 spiro atoms. The minimum atomic E-state index is -0.213. The van der Waals surface area contributed by atoms with Crippen molar-refractivity contribution >= 4 is 34.6 Å². The maximum absolute atomic E-state index is 6.42. The average Bonchev–Trinajstić information content (AvgIpc) is 3.66. The molecule has 2 fully saturated rings. The second-order valence-electron chi connectivity index (χ2n) is 9.22. The van der Waals surface area contributed by atoms with Gasteiger partial charge in [0, 0.05) is 22.5 Å². The van der Waals surface area contributed by atoms with E-state index in [0.717, 1.165) is 47.1 Å². The smallest absolute Gasteiger partial charge is 0.174 e. The van der Waals surface area contributed by atoms with Crippen molar-refractivity contribution in [2.24, 2.45) is 0 Å². The molecule has 1 aliphatic carbocycles. The fraction of sp³-hybridized carbons (Fsp3) is 0.241. The Kier molecular flexibility index (Phi) is 6.38. The first-order valence-electron chi connectivity index (χ1n) is 12.3. The van der Waals surface area contributed by atoms with Crippen LogP contribution in [0.15, 0.2) is 89.5 Å². The number of nitrogens with zero attached hydrogens (tertiary/aromatic N) is 2. The summed E-state index contributed by atoms with van der Waals surface area (Å²) in [5.74, 6) is 2.47. The molecule has 1 N–H and O–H groups in total. The molecule has 5 nitrogen and oxygen atoms in total. The third kappa shape index (κ3) is 4.59. The van der Waals surface area contributed by atoms with Crippen molar-refractivity contribution in [1.82, 2.24) is 10.3 Å². The van der Waals surface area contributed by atoms with Crippen molar-refractivity contribution in [1.29, 1.82) is 0 Å². The Bertz CT molecular complexity index is 1340. The third-order valence-electron chi connectivity index (χ3n) is 6.86. The van der Waals surface area contributed by atoms with Gasteiger partial charge in [-0.1, -0.05) is 17.7 Å². The monoisotopic (exact) mass is 515 g/mol. The first-order valence-corrected chi connectivity index (χ1v) is 13.1. The van der Waals surface area contributed by atoms with Gasteiger partial charge in [-0.15, -0.1) is 0 Å². The molecule has 2 aromatic heterocycles. The van der Waals surface area contributed by atoms with Gasteiger partial charge in [0.15, 0.2) is 5.11 Å². The Morgan fingerprint density at radius 3 is 2.44 bits per heavy atom. The number of furan rings is 1. The number of anilines is 1. The van der Waals surface area contributed by atoms with Crippen LogP contribution in [0.2, 0.25) is 5.02 Å². The summed E-state index contributed by atoms with van der Waals surface area (Å²) in [6.45, 7) is 0. The first-order chi connectivity index (χ1) is 17.7. The van der Waals surface area contributed by atoms with Crippen molar-refractivity contribution in [3.05, 3.63) is 102 Å². The molecule has 0 bridgehead atoms. The van der Waals surface area contributed by atoms with E-state index < -0.39 is 0 Å². The van der Waals surface area contributed by atoms with Gasteiger partial charge in [0.1, 0.15) is 23.3 Å². The van der Waals surface area contributed by atoms with Crippen LogP contribution >= 0.6 is 23.8 Å². The molecule has 2 aromatic carbocycles. The fourth-order valence-electron chi connectivity index (χ4n) is 5.09. The summed E-state index contributed by atoms with van der Waals surface area (Å²) in [6.07, 6.45) is 6.87. The van der Waals surface area contributed by atoms with Gasteiger partial charge in [-0.2, -0.15) is 0 Å². The zero-order chi connectivity index (χ0) is 24.5. The lowest BCUT2D eigenvalue weighted by molar-refractivity contribution is 0.210. The van der Waals surface area contributed by atoms with E-state index in [1.807, 2.05) is 66.7 Å². The number of nitrogens with one attached hydrogen (secondary N) is 1. The predicted molar refractivity (Wildman–Crippen MR) is 146 cm³/mol. The maximum atomic E-state index is 6.42. The van der Waals surface area contributed by atoms with Crippen LogP contribution in [-0.4, -0.2) is 16.2 Å². The van der Waals surface area contributed by atoms with Gasteiger partial charge in [0.2, 0.25) is 0 Å². The number of rotatable bonds is 6. The topological polar surface area (TPSA) is 50.5 Å². The van der Waals surface area contributed by atoms with Crippen molar-refractivity contribution in [2.45, 2.75) is 43.9 Å². The van der Waals surface area contributed by atoms with Crippen molar-refractivity contribution in [3.8, 4) is 17.1 Å². The lowest BCUT2D eigenvalue weighted by atomic mass is 10.0. The Balaban J connectivity index is 1.34. The van der Waals surface area contributed by atoms with Crippen molar-refractivity contribution in [2.75, 3.05) is 4.90 Å². The molecule has 36 heavy (non-hydrogen) atoms. The van der Waals surface area contributed by atoms with E-state index in [0.29, 0.717) is 16.2 Å². The fourth-order valence-corrected chi connectivity index (χ4v) is 5.56. The van der Waals surface area contributed by atoms with Gasteiger partial charge >= 0.3 is 0 Å². The van der Waals surface area contributed by atoms with Gasteiger partial charge in [-0.3, -0.25) is 4.98 Å². The molecule has 4 aromatic rings. The van der Waals surface area contributed by atoms with E-state index in [1.165, 1.54) is 12.8 Å². The molecular weight excluding hydrogens is 490 g/mol. The van der Waals surface area contributed by atoms with Crippen LogP contribution < -0.4 is 15.0 Å². The normalized spacial score (nSPS) is 20.0. The highest BCUT2D eigenvalue weighted by Crippen LogP contribution is 2.43. The molecule has 6 rings (SSSR count). The molecule has 3 heterocycles. The Morgan fingerprint density at radius 2 is 1.72 bits per heavy atom. The molecule has 0 unspecified atom stereocenters. The molecule has 1 saturated carbocycles. The van der Waals surface area contributed by atoms with E-state index in [9.17, 15) is 0 Å². The van der Waals surface area contributed by atoms with E-state index in [1.54, 1.807) is 6.20 Å². The zero-order valence-electron chi connectivity index (χ0n) is 19.6. The minimum Gasteiger partial charge on any atom is -0.490 e. The number of hydrogen-bond donors (Lipinski definition) is 1. The summed E-state index contributed by atoms with van der Waals surface area (Å²) in [5, 5.41) is 4.80. The molecule has 7 heteroatoms. The first kappa shape index (κ1) is 23.1. The second-order valence-corrected chi connectivity index (χ2v) is 10.0. The van der Waals surface area contributed by atoms with Gasteiger partial charge < -0.3 is 19.4 Å². The number of thiocarbonyl (C=S) groups is 1. The zero-order valence-corrected chi connectivity index (χ0v) is 21.2. The Hall–Kier alpha value is -3.35. The van der Waals surface area contributed by atoms with Crippen LogP contribution in [0.25, 0.3) is 11.3 Å².